The fraction of sp³-hybridized carbons (Fsp3) is 0.700. The van der Waals surface area contributed by atoms with Gasteiger partial charge in [0.2, 0.25) is 0 Å². The zero-order chi connectivity index (χ0) is 19.0. The van der Waals surface area contributed by atoms with Gasteiger partial charge in [0.1, 0.15) is 0 Å². The number of rotatable bonds is 11. The summed E-state index contributed by atoms with van der Waals surface area (Å²) < 4.78 is 15.4. The first-order chi connectivity index (χ1) is 12.4. The van der Waals surface area contributed by atoms with Crippen LogP contribution in [0.5, 0.6) is 0 Å². The Balaban J connectivity index is 1.80. The third kappa shape index (κ3) is 7.50. The first-order valence-corrected chi connectivity index (χ1v) is 11.5. The van der Waals surface area contributed by atoms with Crippen LogP contribution in [0.1, 0.15) is 68.6 Å². The zero-order valence-corrected chi connectivity index (χ0v) is 16.8. The predicted octanol–water partition coefficient (Wildman–Crippen LogP) is 4.13. The topological polar surface area (TPSA) is 92.8 Å². The lowest BCUT2D eigenvalue weighted by atomic mass is 9.79. The van der Waals surface area contributed by atoms with Crippen molar-refractivity contribution in [2.45, 2.75) is 77.2 Å². The van der Waals surface area contributed by atoms with E-state index in [1.54, 1.807) is 0 Å². The summed E-state index contributed by atoms with van der Waals surface area (Å²) in [6, 6.07) is 6.43. The Kier molecular flexibility index (Phi) is 8.78. The molecule has 148 valence electrons. The van der Waals surface area contributed by atoms with Crippen molar-refractivity contribution in [2.24, 2.45) is 11.7 Å². The van der Waals surface area contributed by atoms with Crippen LogP contribution in [-0.2, 0) is 28.4 Å². The molecule has 26 heavy (non-hydrogen) atoms. The molecule has 1 aromatic carbocycles. The molecule has 1 aromatic rings. The molecule has 2 atom stereocenters. The highest BCUT2D eigenvalue weighted by atomic mass is 31.2. The van der Waals surface area contributed by atoms with Gasteiger partial charge in [-0.2, -0.15) is 0 Å². The molecule has 0 heterocycles. The van der Waals surface area contributed by atoms with E-state index in [2.05, 4.69) is 29.6 Å². The summed E-state index contributed by atoms with van der Waals surface area (Å²) >= 11 is 0. The molecule has 4 N–H and O–H groups in total. The summed E-state index contributed by atoms with van der Waals surface area (Å²) in [6.07, 6.45) is 11.8. The molecule has 1 aliphatic rings. The first kappa shape index (κ1) is 21.6. The van der Waals surface area contributed by atoms with Crippen LogP contribution >= 0.6 is 7.82 Å². The van der Waals surface area contributed by atoms with Crippen LogP contribution in [0.25, 0.3) is 0 Å². The molecule has 0 unspecified atom stereocenters. The molecule has 0 amide bonds. The predicted molar refractivity (Wildman–Crippen MR) is 105 cm³/mol. The third-order valence-electron chi connectivity index (χ3n) is 5.40. The Morgan fingerprint density at radius 3 is 2.65 bits per heavy atom. The highest BCUT2D eigenvalue weighted by Gasteiger charge is 2.26. The van der Waals surface area contributed by atoms with Gasteiger partial charge in [0.15, 0.2) is 0 Å². The van der Waals surface area contributed by atoms with Crippen LogP contribution in [0.15, 0.2) is 18.2 Å². The van der Waals surface area contributed by atoms with Crippen molar-refractivity contribution >= 4 is 7.82 Å². The average Bonchev–Trinajstić information content (AvgIpc) is 2.61. The molecule has 0 bridgehead atoms. The average molecular weight is 383 g/mol. The number of phosphoric acid groups is 1. The van der Waals surface area contributed by atoms with Crippen molar-refractivity contribution < 1.29 is 18.9 Å². The summed E-state index contributed by atoms with van der Waals surface area (Å²) in [5.74, 6) is 0.207. The maximum atomic E-state index is 10.8. The minimum absolute atomic E-state index is 0.0968. The summed E-state index contributed by atoms with van der Waals surface area (Å²) in [7, 11) is -4.44. The van der Waals surface area contributed by atoms with Gasteiger partial charge in [0.25, 0.3) is 0 Å². The van der Waals surface area contributed by atoms with Gasteiger partial charge in [-0.15, -0.1) is 0 Å². The standard InChI is InChI=1S/C20H34NO4P/c1-2-3-4-5-6-7-8-16-9-10-18-14-19(12-11-17(18)13-16)20(21)15-25-26(22,23)24/h9-10,13,19-20H,2-8,11-12,14-15,21H2,1H3,(H2,22,23,24)/t19-,20-/m0/s1. The quantitative estimate of drug-likeness (QED) is 0.395. The van der Waals surface area contributed by atoms with E-state index >= 15 is 0 Å². The summed E-state index contributed by atoms with van der Waals surface area (Å²) in [5.41, 5.74) is 10.2. The van der Waals surface area contributed by atoms with Crippen molar-refractivity contribution in [3.8, 4) is 0 Å². The smallest absolute Gasteiger partial charge is 0.325 e. The van der Waals surface area contributed by atoms with Gasteiger partial charge < -0.3 is 15.5 Å². The second kappa shape index (κ2) is 10.6. The number of nitrogens with two attached hydrogens (primary N) is 1. The molecule has 0 saturated carbocycles. The number of aryl methyl sites for hydroxylation is 2. The van der Waals surface area contributed by atoms with E-state index in [1.165, 1.54) is 55.2 Å². The molecule has 2 rings (SSSR count). The van der Waals surface area contributed by atoms with E-state index in [9.17, 15) is 4.57 Å². The van der Waals surface area contributed by atoms with Crippen LogP contribution in [-0.4, -0.2) is 22.4 Å². The lowest BCUT2D eigenvalue weighted by Crippen LogP contribution is -2.37. The Morgan fingerprint density at radius 2 is 1.92 bits per heavy atom. The van der Waals surface area contributed by atoms with E-state index in [4.69, 9.17) is 15.5 Å². The molecule has 0 saturated heterocycles. The number of hydrogen-bond acceptors (Lipinski definition) is 3. The van der Waals surface area contributed by atoms with Crippen LogP contribution in [0.4, 0.5) is 0 Å². The second-order valence-electron chi connectivity index (χ2n) is 7.57. The van der Waals surface area contributed by atoms with Gasteiger partial charge >= 0.3 is 7.82 Å². The molecular formula is C20H34NO4P. The van der Waals surface area contributed by atoms with Crippen molar-refractivity contribution in [1.82, 2.24) is 0 Å². The van der Waals surface area contributed by atoms with E-state index in [0.717, 1.165) is 25.7 Å². The monoisotopic (exact) mass is 383 g/mol. The number of benzene rings is 1. The van der Waals surface area contributed by atoms with Gasteiger partial charge in [0.05, 0.1) is 6.61 Å². The van der Waals surface area contributed by atoms with Gasteiger partial charge in [0, 0.05) is 6.04 Å². The molecular weight excluding hydrogens is 349 g/mol. The van der Waals surface area contributed by atoms with Crippen LogP contribution in [0, 0.1) is 5.92 Å². The maximum Gasteiger partial charge on any atom is 0.469 e. The Morgan fingerprint density at radius 1 is 1.19 bits per heavy atom. The summed E-state index contributed by atoms with van der Waals surface area (Å²) in [5, 5.41) is 0. The molecule has 0 fully saturated rings. The number of unbranched alkanes of at least 4 members (excludes halogenated alkanes) is 5. The molecule has 0 aliphatic heterocycles. The van der Waals surface area contributed by atoms with Crippen molar-refractivity contribution in [3.05, 3.63) is 34.9 Å². The van der Waals surface area contributed by atoms with Crippen LogP contribution in [0.2, 0.25) is 0 Å². The van der Waals surface area contributed by atoms with E-state index in [1.807, 2.05) is 0 Å². The van der Waals surface area contributed by atoms with Crippen LogP contribution < -0.4 is 5.73 Å². The Bertz CT molecular complexity index is 601. The zero-order valence-electron chi connectivity index (χ0n) is 15.9. The van der Waals surface area contributed by atoms with Crippen molar-refractivity contribution in [3.63, 3.8) is 0 Å². The van der Waals surface area contributed by atoms with E-state index < -0.39 is 7.82 Å². The van der Waals surface area contributed by atoms with Gasteiger partial charge in [-0.05, 0) is 54.7 Å². The van der Waals surface area contributed by atoms with Gasteiger partial charge in [-0.25, -0.2) is 4.57 Å². The molecule has 0 aromatic heterocycles. The third-order valence-corrected chi connectivity index (χ3v) is 5.88. The van der Waals surface area contributed by atoms with Gasteiger partial charge in [-0.1, -0.05) is 57.2 Å². The first-order valence-electron chi connectivity index (χ1n) is 9.95. The van der Waals surface area contributed by atoms with E-state index in [0.29, 0.717) is 0 Å². The molecule has 0 spiro atoms. The maximum absolute atomic E-state index is 10.8. The Labute approximate surface area is 157 Å². The largest absolute Gasteiger partial charge is 0.469 e. The van der Waals surface area contributed by atoms with Crippen LogP contribution in [0.3, 0.4) is 0 Å². The number of phosphoric ester groups is 1. The lowest BCUT2D eigenvalue weighted by molar-refractivity contribution is 0.166. The number of hydrogen-bond donors (Lipinski definition) is 3. The Hall–Kier alpha value is -0.710. The highest BCUT2D eigenvalue weighted by Crippen LogP contribution is 2.37. The van der Waals surface area contributed by atoms with Gasteiger partial charge in [-0.3, -0.25) is 4.52 Å². The SMILES string of the molecule is CCCCCCCCc1ccc2c(c1)CC[C@H]([C@@H](N)COP(=O)(O)O)C2. The molecule has 5 nitrogen and oxygen atoms in total. The fourth-order valence-electron chi connectivity index (χ4n) is 3.79. The molecule has 0 radical (unpaired) electrons. The summed E-state index contributed by atoms with van der Waals surface area (Å²) in [6.45, 7) is 2.15. The summed E-state index contributed by atoms with van der Waals surface area (Å²) in [4.78, 5) is 17.6. The minimum atomic E-state index is -4.44. The van der Waals surface area contributed by atoms with E-state index in [-0.39, 0.29) is 18.6 Å². The molecule has 1 aliphatic carbocycles. The number of fused-ring (bicyclic) bond motifs is 1. The molecule has 6 heteroatoms. The fourth-order valence-corrected chi connectivity index (χ4v) is 4.15. The van der Waals surface area contributed by atoms with Crippen molar-refractivity contribution in [2.75, 3.05) is 6.61 Å². The highest BCUT2D eigenvalue weighted by molar-refractivity contribution is 7.46. The normalized spacial score (nSPS) is 18.5. The second-order valence-corrected chi connectivity index (χ2v) is 8.81. The minimum Gasteiger partial charge on any atom is -0.325 e. The lowest BCUT2D eigenvalue weighted by Gasteiger charge is -2.29. The van der Waals surface area contributed by atoms with Crippen molar-refractivity contribution in [1.29, 1.82) is 0 Å².